The SMILES string of the molecule is COc1ccc(C(=O)N2CC[C@]3(C2)C(=O)Nc2ccccc23)c(OC)c1. The van der Waals surface area contributed by atoms with E-state index in [4.69, 9.17) is 9.47 Å². The van der Waals surface area contributed by atoms with E-state index in [1.54, 1.807) is 30.2 Å². The molecule has 1 fully saturated rings. The molecule has 2 aliphatic rings. The molecule has 6 heteroatoms. The number of likely N-dealkylation sites (tertiary alicyclic amines) is 1. The van der Waals surface area contributed by atoms with Crippen molar-refractivity contribution in [2.75, 3.05) is 32.6 Å². The minimum Gasteiger partial charge on any atom is -0.497 e. The molecule has 0 saturated carbocycles. The summed E-state index contributed by atoms with van der Waals surface area (Å²) in [5.74, 6) is 0.918. The lowest BCUT2D eigenvalue weighted by Crippen LogP contribution is -2.39. The molecule has 2 aromatic carbocycles. The molecule has 4 rings (SSSR count). The van der Waals surface area contributed by atoms with E-state index in [0.717, 1.165) is 11.3 Å². The molecule has 6 nitrogen and oxygen atoms in total. The van der Waals surface area contributed by atoms with Gasteiger partial charge in [-0.3, -0.25) is 9.59 Å². The molecule has 0 aromatic heterocycles. The monoisotopic (exact) mass is 352 g/mol. The van der Waals surface area contributed by atoms with Gasteiger partial charge in [-0.05, 0) is 30.2 Å². The molecule has 0 radical (unpaired) electrons. The number of nitrogens with zero attached hydrogens (tertiary/aromatic N) is 1. The van der Waals surface area contributed by atoms with Crippen molar-refractivity contribution >= 4 is 17.5 Å². The maximum absolute atomic E-state index is 13.1. The Morgan fingerprint density at radius 2 is 1.96 bits per heavy atom. The number of fused-ring (bicyclic) bond motifs is 2. The van der Waals surface area contributed by atoms with Crippen LogP contribution in [0.15, 0.2) is 42.5 Å². The van der Waals surface area contributed by atoms with Crippen molar-refractivity contribution in [3.63, 3.8) is 0 Å². The topological polar surface area (TPSA) is 67.9 Å². The van der Waals surface area contributed by atoms with Crippen LogP contribution in [-0.4, -0.2) is 44.0 Å². The first kappa shape index (κ1) is 16.4. The molecule has 0 aliphatic carbocycles. The zero-order chi connectivity index (χ0) is 18.3. The maximum atomic E-state index is 13.1. The summed E-state index contributed by atoms with van der Waals surface area (Å²) in [5.41, 5.74) is 1.62. The molecule has 1 spiro atoms. The van der Waals surface area contributed by atoms with Gasteiger partial charge in [-0.25, -0.2) is 0 Å². The van der Waals surface area contributed by atoms with Gasteiger partial charge in [0.1, 0.15) is 11.5 Å². The van der Waals surface area contributed by atoms with Gasteiger partial charge >= 0.3 is 0 Å². The average molecular weight is 352 g/mol. The number of carbonyl (C=O) groups excluding carboxylic acids is 2. The van der Waals surface area contributed by atoms with Gasteiger partial charge in [-0.1, -0.05) is 18.2 Å². The van der Waals surface area contributed by atoms with Crippen LogP contribution in [0.5, 0.6) is 11.5 Å². The molecule has 0 bridgehead atoms. The van der Waals surface area contributed by atoms with E-state index < -0.39 is 5.41 Å². The van der Waals surface area contributed by atoms with Crippen molar-refractivity contribution in [2.24, 2.45) is 0 Å². The number of rotatable bonds is 3. The predicted molar refractivity (Wildman–Crippen MR) is 96.8 cm³/mol. The minimum atomic E-state index is -0.661. The first-order chi connectivity index (χ1) is 12.6. The number of amides is 2. The lowest BCUT2D eigenvalue weighted by atomic mass is 9.81. The molecule has 2 aromatic rings. The summed E-state index contributed by atoms with van der Waals surface area (Å²) in [7, 11) is 3.09. The second-order valence-electron chi connectivity index (χ2n) is 6.62. The third-order valence-electron chi connectivity index (χ3n) is 5.32. The summed E-state index contributed by atoms with van der Waals surface area (Å²) in [6.45, 7) is 0.889. The molecule has 1 atom stereocenters. The van der Waals surface area contributed by atoms with Gasteiger partial charge in [-0.2, -0.15) is 0 Å². The summed E-state index contributed by atoms with van der Waals surface area (Å²) in [6.07, 6.45) is 0.611. The van der Waals surface area contributed by atoms with Crippen LogP contribution in [-0.2, 0) is 10.2 Å². The van der Waals surface area contributed by atoms with Crippen LogP contribution in [0.25, 0.3) is 0 Å². The molecule has 2 amide bonds. The van der Waals surface area contributed by atoms with E-state index in [1.807, 2.05) is 24.3 Å². The molecule has 2 aliphatic heterocycles. The molecule has 2 heterocycles. The second-order valence-corrected chi connectivity index (χ2v) is 6.62. The summed E-state index contributed by atoms with van der Waals surface area (Å²) < 4.78 is 10.5. The van der Waals surface area contributed by atoms with Crippen molar-refractivity contribution in [3.05, 3.63) is 53.6 Å². The van der Waals surface area contributed by atoms with Crippen molar-refractivity contribution in [1.82, 2.24) is 4.90 Å². The fourth-order valence-corrected chi connectivity index (χ4v) is 3.91. The van der Waals surface area contributed by atoms with Crippen LogP contribution in [0, 0.1) is 0 Å². The van der Waals surface area contributed by atoms with Crippen LogP contribution in [0.3, 0.4) is 0 Å². The number of hydrogen-bond donors (Lipinski definition) is 1. The summed E-state index contributed by atoms with van der Waals surface area (Å²) in [4.78, 5) is 27.5. The normalized spacial score (nSPS) is 20.8. The van der Waals surface area contributed by atoms with Crippen molar-refractivity contribution in [2.45, 2.75) is 11.8 Å². The Kier molecular flexibility index (Phi) is 3.83. The van der Waals surface area contributed by atoms with Crippen LogP contribution in [0.1, 0.15) is 22.3 Å². The van der Waals surface area contributed by atoms with Gasteiger partial charge in [-0.15, -0.1) is 0 Å². The summed E-state index contributed by atoms with van der Waals surface area (Å²) in [5, 5.41) is 2.95. The van der Waals surface area contributed by atoms with Gasteiger partial charge in [0, 0.05) is 24.8 Å². The fourth-order valence-electron chi connectivity index (χ4n) is 3.91. The smallest absolute Gasteiger partial charge is 0.257 e. The Labute approximate surface area is 151 Å². The van der Waals surface area contributed by atoms with E-state index in [0.29, 0.717) is 36.6 Å². The largest absolute Gasteiger partial charge is 0.497 e. The van der Waals surface area contributed by atoms with Gasteiger partial charge in [0.25, 0.3) is 5.91 Å². The Morgan fingerprint density at radius 1 is 1.15 bits per heavy atom. The highest BCUT2D eigenvalue weighted by Gasteiger charge is 2.52. The number of anilines is 1. The molecule has 1 N–H and O–H groups in total. The highest BCUT2D eigenvalue weighted by molar-refractivity contribution is 6.07. The van der Waals surface area contributed by atoms with E-state index in [9.17, 15) is 9.59 Å². The molecule has 26 heavy (non-hydrogen) atoms. The van der Waals surface area contributed by atoms with Gasteiger partial charge < -0.3 is 19.7 Å². The Bertz CT molecular complexity index is 895. The number of carbonyl (C=O) groups is 2. The highest BCUT2D eigenvalue weighted by Crippen LogP contribution is 2.44. The third kappa shape index (κ3) is 2.33. The van der Waals surface area contributed by atoms with E-state index in [1.165, 1.54) is 7.11 Å². The molecule has 0 unspecified atom stereocenters. The van der Waals surface area contributed by atoms with E-state index in [-0.39, 0.29) is 11.8 Å². The van der Waals surface area contributed by atoms with Crippen LogP contribution in [0.4, 0.5) is 5.69 Å². The maximum Gasteiger partial charge on any atom is 0.257 e. The van der Waals surface area contributed by atoms with Crippen molar-refractivity contribution < 1.29 is 19.1 Å². The average Bonchev–Trinajstić information content (AvgIpc) is 3.24. The number of benzene rings is 2. The van der Waals surface area contributed by atoms with Gasteiger partial charge in [0.2, 0.25) is 5.91 Å². The van der Waals surface area contributed by atoms with Crippen LogP contribution >= 0.6 is 0 Å². The fraction of sp³-hybridized carbons (Fsp3) is 0.300. The molecule has 134 valence electrons. The molecular weight excluding hydrogens is 332 g/mol. The lowest BCUT2D eigenvalue weighted by molar-refractivity contribution is -0.120. The second kappa shape index (κ2) is 6.05. The zero-order valence-corrected chi connectivity index (χ0v) is 14.7. The van der Waals surface area contributed by atoms with Crippen LogP contribution < -0.4 is 14.8 Å². The number of para-hydroxylation sites is 1. The molecular formula is C20H20N2O4. The Morgan fingerprint density at radius 3 is 2.73 bits per heavy atom. The Balaban J connectivity index is 1.64. The first-order valence-electron chi connectivity index (χ1n) is 8.51. The van der Waals surface area contributed by atoms with E-state index in [2.05, 4.69) is 5.32 Å². The standard InChI is InChI=1S/C20H20N2O4/c1-25-13-7-8-14(17(11-13)26-2)18(23)22-10-9-20(12-22)15-5-3-4-6-16(15)21-19(20)24/h3-8,11H,9-10,12H2,1-2H3,(H,21,24)/t20-/m1/s1. The number of ether oxygens (including phenoxy) is 2. The van der Waals surface area contributed by atoms with Crippen molar-refractivity contribution in [1.29, 1.82) is 0 Å². The summed E-state index contributed by atoms with van der Waals surface area (Å²) >= 11 is 0. The quantitative estimate of drug-likeness (QED) is 0.921. The highest BCUT2D eigenvalue weighted by atomic mass is 16.5. The van der Waals surface area contributed by atoms with Gasteiger partial charge in [0.15, 0.2) is 0 Å². The van der Waals surface area contributed by atoms with Crippen molar-refractivity contribution in [3.8, 4) is 11.5 Å². The number of nitrogens with one attached hydrogen (secondary N) is 1. The first-order valence-corrected chi connectivity index (χ1v) is 8.51. The van der Waals surface area contributed by atoms with Gasteiger partial charge in [0.05, 0.1) is 25.2 Å². The Hall–Kier alpha value is -3.02. The summed E-state index contributed by atoms with van der Waals surface area (Å²) in [6, 6.07) is 12.8. The van der Waals surface area contributed by atoms with Crippen LogP contribution in [0.2, 0.25) is 0 Å². The zero-order valence-electron chi connectivity index (χ0n) is 14.7. The minimum absolute atomic E-state index is 0.0318. The predicted octanol–water partition coefficient (Wildman–Crippen LogP) is 2.44. The third-order valence-corrected chi connectivity index (χ3v) is 5.32. The number of hydrogen-bond acceptors (Lipinski definition) is 4. The number of methoxy groups -OCH3 is 2. The van der Waals surface area contributed by atoms with E-state index >= 15 is 0 Å². The molecule has 1 saturated heterocycles. The lowest BCUT2D eigenvalue weighted by Gasteiger charge is -2.23.